The molecule has 0 bridgehead atoms. The van der Waals surface area contributed by atoms with E-state index in [-0.39, 0.29) is 11.3 Å². The molecule has 1 amide bonds. The van der Waals surface area contributed by atoms with E-state index in [2.05, 4.69) is 4.98 Å². The van der Waals surface area contributed by atoms with Crippen LogP contribution in [-0.2, 0) is 11.2 Å². The molecular formula is C15H16N2O5. The van der Waals surface area contributed by atoms with Crippen LogP contribution in [0.3, 0.4) is 0 Å². The first-order valence-electron chi connectivity index (χ1n) is 7.32. The molecule has 3 rings (SSSR count). The molecule has 1 aromatic heterocycles. The minimum absolute atomic E-state index is 0.0947. The van der Waals surface area contributed by atoms with Crippen LogP contribution in [0.1, 0.15) is 52.1 Å². The van der Waals surface area contributed by atoms with E-state index in [4.69, 9.17) is 5.11 Å². The quantitative estimate of drug-likeness (QED) is 0.831. The molecule has 1 atom stereocenters. The number of ketones is 1. The maximum Gasteiger partial charge on any atom is 0.326 e. The molecule has 0 saturated carbocycles. The molecule has 1 saturated heterocycles. The van der Waals surface area contributed by atoms with Crippen LogP contribution >= 0.6 is 0 Å². The predicted octanol–water partition coefficient (Wildman–Crippen LogP) is 0.583. The summed E-state index contributed by atoms with van der Waals surface area (Å²) in [6.45, 7) is 0.306. The average Bonchev–Trinajstić information content (AvgIpc) is 2.96. The number of aliphatic carboxylic acids is 1. The third-order valence-electron chi connectivity index (χ3n) is 4.28. The minimum Gasteiger partial charge on any atom is -0.480 e. The zero-order valence-corrected chi connectivity index (χ0v) is 11.9. The summed E-state index contributed by atoms with van der Waals surface area (Å²) in [6, 6.07) is 0.425. The molecule has 116 valence electrons. The Hall–Kier alpha value is -2.44. The SMILES string of the molecule is O=C1CCCc2[nH]c(=O)c(C(=O)N3CCC[C@@H]3C(=O)O)cc21. The summed E-state index contributed by atoms with van der Waals surface area (Å²) in [5.41, 5.74) is 0.228. The highest BCUT2D eigenvalue weighted by Crippen LogP contribution is 2.22. The fourth-order valence-corrected chi connectivity index (χ4v) is 3.16. The van der Waals surface area contributed by atoms with E-state index in [0.717, 1.165) is 0 Å². The number of pyridine rings is 1. The standard InChI is InChI=1S/C15H16N2O5/c18-12-5-1-3-10-8(12)7-9(13(19)16-10)14(20)17-6-2-4-11(17)15(21)22/h7,11H,1-6H2,(H,16,19)(H,21,22)/t11-/m1/s1. The lowest BCUT2D eigenvalue weighted by Gasteiger charge is -2.22. The Morgan fingerprint density at radius 1 is 1.23 bits per heavy atom. The highest BCUT2D eigenvalue weighted by Gasteiger charge is 2.36. The van der Waals surface area contributed by atoms with E-state index in [1.807, 2.05) is 0 Å². The zero-order valence-electron chi connectivity index (χ0n) is 11.9. The number of carbonyl (C=O) groups is 3. The Labute approximate surface area is 125 Å². The fraction of sp³-hybridized carbons (Fsp3) is 0.467. The van der Waals surface area contributed by atoms with Gasteiger partial charge in [0.05, 0.1) is 0 Å². The number of nitrogens with zero attached hydrogens (tertiary/aromatic N) is 1. The molecule has 1 aliphatic heterocycles. The molecule has 7 heteroatoms. The molecule has 2 heterocycles. The van der Waals surface area contributed by atoms with Gasteiger partial charge in [-0.15, -0.1) is 0 Å². The molecular weight excluding hydrogens is 288 g/mol. The molecule has 1 aromatic rings. The van der Waals surface area contributed by atoms with Gasteiger partial charge >= 0.3 is 5.97 Å². The number of nitrogens with one attached hydrogen (secondary N) is 1. The van der Waals surface area contributed by atoms with Crippen molar-refractivity contribution in [1.82, 2.24) is 9.88 Å². The predicted molar refractivity (Wildman–Crippen MR) is 76.0 cm³/mol. The van der Waals surface area contributed by atoms with E-state index in [9.17, 15) is 19.2 Å². The number of hydrogen-bond donors (Lipinski definition) is 2. The van der Waals surface area contributed by atoms with Gasteiger partial charge in [-0.2, -0.15) is 0 Å². The maximum atomic E-state index is 12.5. The van der Waals surface area contributed by atoms with Gasteiger partial charge in [-0.25, -0.2) is 4.79 Å². The van der Waals surface area contributed by atoms with Crippen molar-refractivity contribution in [2.75, 3.05) is 6.54 Å². The van der Waals surface area contributed by atoms with Crippen molar-refractivity contribution in [3.05, 3.63) is 33.2 Å². The van der Waals surface area contributed by atoms with Crippen LogP contribution in [0.25, 0.3) is 0 Å². The number of aromatic nitrogens is 1. The molecule has 22 heavy (non-hydrogen) atoms. The van der Waals surface area contributed by atoms with E-state index in [1.54, 1.807) is 0 Å². The van der Waals surface area contributed by atoms with Gasteiger partial charge in [-0.05, 0) is 31.7 Å². The molecule has 0 unspecified atom stereocenters. The molecule has 2 aliphatic rings. The number of carboxylic acids is 1. The first kappa shape index (κ1) is 14.5. The highest BCUT2D eigenvalue weighted by atomic mass is 16.4. The fourth-order valence-electron chi connectivity index (χ4n) is 3.16. The van der Waals surface area contributed by atoms with E-state index in [1.165, 1.54) is 11.0 Å². The zero-order chi connectivity index (χ0) is 15.9. The number of hydrogen-bond acceptors (Lipinski definition) is 4. The summed E-state index contributed by atoms with van der Waals surface area (Å²) >= 11 is 0. The Kier molecular flexibility index (Phi) is 3.56. The van der Waals surface area contributed by atoms with Crippen LogP contribution in [0.5, 0.6) is 0 Å². The number of rotatable bonds is 2. The number of likely N-dealkylation sites (tertiary alicyclic amines) is 1. The van der Waals surface area contributed by atoms with E-state index in [0.29, 0.717) is 49.9 Å². The first-order valence-corrected chi connectivity index (χ1v) is 7.32. The number of aryl methyl sites for hydroxylation is 1. The summed E-state index contributed by atoms with van der Waals surface area (Å²) in [5, 5.41) is 9.15. The van der Waals surface area contributed by atoms with Gasteiger partial charge in [0.25, 0.3) is 11.5 Å². The number of aromatic amines is 1. The summed E-state index contributed by atoms with van der Waals surface area (Å²) in [6.07, 6.45) is 2.65. The van der Waals surface area contributed by atoms with Crippen LogP contribution in [0.2, 0.25) is 0 Å². The van der Waals surface area contributed by atoms with Crippen molar-refractivity contribution in [2.24, 2.45) is 0 Å². The molecule has 1 fully saturated rings. The minimum atomic E-state index is -1.07. The molecule has 0 spiro atoms. The second-order valence-corrected chi connectivity index (χ2v) is 5.68. The van der Waals surface area contributed by atoms with Crippen LogP contribution < -0.4 is 5.56 Å². The summed E-state index contributed by atoms with van der Waals surface area (Å²) < 4.78 is 0. The van der Waals surface area contributed by atoms with Gasteiger partial charge in [0.15, 0.2) is 5.78 Å². The number of amides is 1. The first-order chi connectivity index (χ1) is 10.5. The maximum absolute atomic E-state index is 12.5. The molecule has 0 radical (unpaired) electrons. The Bertz CT molecular complexity index is 721. The van der Waals surface area contributed by atoms with Crippen molar-refractivity contribution >= 4 is 17.7 Å². The van der Waals surface area contributed by atoms with Crippen molar-refractivity contribution in [1.29, 1.82) is 0 Å². The van der Waals surface area contributed by atoms with Crippen molar-refractivity contribution in [3.63, 3.8) is 0 Å². The van der Waals surface area contributed by atoms with Gasteiger partial charge < -0.3 is 15.0 Å². The monoisotopic (exact) mass is 304 g/mol. The van der Waals surface area contributed by atoms with Crippen molar-refractivity contribution in [2.45, 2.75) is 38.1 Å². The highest BCUT2D eigenvalue weighted by molar-refractivity contribution is 6.02. The molecule has 1 aliphatic carbocycles. The van der Waals surface area contributed by atoms with Gasteiger partial charge in [-0.3, -0.25) is 14.4 Å². The normalized spacial score (nSPS) is 20.8. The van der Waals surface area contributed by atoms with Gasteiger partial charge in [-0.1, -0.05) is 0 Å². The third-order valence-corrected chi connectivity index (χ3v) is 4.28. The number of Topliss-reactive ketones (excluding diaryl/α,β-unsaturated/α-hetero) is 1. The van der Waals surface area contributed by atoms with Crippen LogP contribution in [0.15, 0.2) is 10.9 Å². The van der Waals surface area contributed by atoms with Crippen LogP contribution in [-0.4, -0.2) is 45.2 Å². The lowest BCUT2D eigenvalue weighted by molar-refractivity contribution is -0.141. The van der Waals surface area contributed by atoms with Gasteiger partial charge in [0, 0.05) is 24.2 Å². The summed E-state index contributed by atoms with van der Waals surface area (Å²) in [7, 11) is 0. The smallest absolute Gasteiger partial charge is 0.326 e. The number of carboxylic acid groups (broad SMARTS) is 1. The Balaban J connectivity index is 1.99. The van der Waals surface area contributed by atoms with Crippen molar-refractivity contribution < 1.29 is 19.5 Å². The van der Waals surface area contributed by atoms with Crippen LogP contribution in [0, 0.1) is 0 Å². The van der Waals surface area contributed by atoms with Crippen molar-refractivity contribution in [3.8, 4) is 0 Å². The van der Waals surface area contributed by atoms with Gasteiger partial charge in [0.2, 0.25) is 0 Å². The van der Waals surface area contributed by atoms with Crippen LogP contribution in [0.4, 0.5) is 0 Å². The van der Waals surface area contributed by atoms with E-state index >= 15 is 0 Å². The topological polar surface area (TPSA) is 108 Å². The second-order valence-electron chi connectivity index (χ2n) is 5.68. The Morgan fingerprint density at radius 2 is 2.00 bits per heavy atom. The number of carbonyl (C=O) groups excluding carboxylic acids is 2. The largest absolute Gasteiger partial charge is 0.480 e. The molecule has 2 N–H and O–H groups in total. The van der Waals surface area contributed by atoms with E-state index < -0.39 is 23.5 Å². The average molecular weight is 304 g/mol. The lowest BCUT2D eigenvalue weighted by atomic mass is 9.93. The Morgan fingerprint density at radius 3 is 2.73 bits per heavy atom. The molecule has 0 aromatic carbocycles. The summed E-state index contributed by atoms with van der Waals surface area (Å²) in [4.78, 5) is 51.5. The third kappa shape index (κ3) is 2.32. The van der Waals surface area contributed by atoms with Gasteiger partial charge in [0.1, 0.15) is 11.6 Å². The number of H-pyrrole nitrogens is 1. The summed E-state index contributed by atoms with van der Waals surface area (Å²) in [5.74, 6) is -1.79. The molecule has 7 nitrogen and oxygen atoms in total. The second kappa shape index (κ2) is 5.40. The lowest BCUT2D eigenvalue weighted by Crippen LogP contribution is -2.42. The number of fused-ring (bicyclic) bond motifs is 1.